The fraction of sp³-hybridized carbons (Fsp3) is 0.600. The summed E-state index contributed by atoms with van der Waals surface area (Å²) in [5, 5.41) is 1.63. The smallest absolute Gasteiger partial charge is 0.241 e. The summed E-state index contributed by atoms with van der Waals surface area (Å²) in [6.07, 6.45) is 3.00. The highest BCUT2D eigenvalue weighted by Crippen LogP contribution is 2.18. The van der Waals surface area contributed by atoms with Gasteiger partial charge >= 0.3 is 0 Å². The fourth-order valence-corrected chi connectivity index (χ4v) is 3.50. The van der Waals surface area contributed by atoms with Crippen LogP contribution in [0, 0.1) is 0 Å². The van der Waals surface area contributed by atoms with Gasteiger partial charge in [0.2, 0.25) is 10.0 Å². The standard InChI is InChI=1S/C10H18N2O2S2/c1-2-3-4-5-12-16(13,14)10-6-9(7-11)15-8-10/h6,8,12H,2-5,7,11H2,1H3. The fourth-order valence-electron chi connectivity index (χ4n) is 1.27. The van der Waals surface area contributed by atoms with Gasteiger partial charge < -0.3 is 5.73 Å². The van der Waals surface area contributed by atoms with Crippen molar-refractivity contribution in [3.63, 3.8) is 0 Å². The van der Waals surface area contributed by atoms with Gasteiger partial charge in [0.05, 0.1) is 4.90 Å². The normalized spacial score (nSPS) is 11.9. The molecular weight excluding hydrogens is 244 g/mol. The van der Waals surface area contributed by atoms with Gasteiger partial charge in [-0.1, -0.05) is 19.8 Å². The topological polar surface area (TPSA) is 72.2 Å². The number of unbranched alkanes of at least 4 members (excludes halogenated alkanes) is 2. The van der Waals surface area contributed by atoms with Crippen molar-refractivity contribution in [2.45, 2.75) is 37.6 Å². The molecule has 1 rings (SSSR count). The summed E-state index contributed by atoms with van der Waals surface area (Å²) in [6, 6.07) is 1.63. The molecular formula is C10H18N2O2S2. The second-order valence-electron chi connectivity index (χ2n) is 3.56. The van der Waals surface area contributed by atoms with E-state index in [9.17, 15) is 8.42 Å². The Morgan fingerprint density at radius 2 is 2.19 bits per heavy atom. The average molecular weight is 262 g/mol. The van der Waals surface area contributed by atoms with E-state index in [2.05, 4.69) is 11.6 Å². The van der Waals surface area contributed by atoms with E-state index in [1.807, 2.05) is 0 Å². The number of hydrogen-bond donors (Lipinski definition) is 2. The molecule has 0 bridgehead atoms. The molecule has 1 aromatic rings. The Morgan fingerprint density at radius 3 is 2.75 bits per heavy atom. The molecule has 1 heterocycles. The summed E-state index contributed by atoms with van der Waals surface area (Å²) < 4.78 is 26.1. The Labute approximate surface area is 101 Å². The summed E-state index contributed by atoms with van der Waals surface area (Å²) >= 11 is 1.38. The molecule has 0 unspecified atom stereocenters. The molecule has 6 heteroatoms. The first-order valence-corrected chi connectivity index (χ1v) is 7.73. The Morgan fingerprint density at radius 1 is 1.44 bits per heavy atom. The minimum Gasteiger partial charge on any atom is -0.326 e. The second-order valence-corrected chi connectivity index (χ2v) is 6.32. The molecule has 0 fully saturated rings. The van der Waals surface area contributed by atoms with E-state index in [0.29, 0.717) is 18.0 Å². The van der Waals surface area contributed by atoms with Gasteiger partial charge in [-0.2, -0.15) is 0 Å². The highest BCUT2D eigenvalue weighted by atomic mass is 32.2. The number of nitrogens with one attached hydrogen (secondary N) is 1. The summed E-state index contributed by atoms with van der Waals surface area (Å²) in [5.74, 6) is 0. The van der Waals surface area contributed by atoms with Crippen LogP contribution in [-0.2, 0) is 16.6 Å². The van der Waals surface area contributed by atoms with Crippen molar-refractivity contribution in [3.05, 3.63) is 16.3 Å². The van der Waals surface area contributed by atoms with E-state index in [4.69, 9.17) is 5.73 Å². The zero-order valence-corrected chi connectivity index (χ0v) is 11.0. The molecule has 1 aromatic heterocycles. The first-order chi connectivity index (χ1) is 7.60. The molecule has 0 saturated heterocycles. The predicted molar refractivity (Wildman–Crippen MR) is 66.9 cm³/mol. The highest BCUT2D eigenvalue weighted by molar-refractivity contribution is 7.89. The van der Waals surface area contributed by atoms with Crippen molar-refractivity contribution in [1.82, 2.24) is 4.72 Å². The lowest BCUT2D eigenvalue weighted by Crippen LogP contribution is -2.24. The number of rotatable bonds is 7. The molecule has 0 aliphatic rings. The van der Waals surface area contributed by atoms with Gasteiger partial charge in [-0.25, -0.2) is 13.1 Å². The SMILES string of the molecule is CCCCCNS(=O)(=O)c1csc(CN)c1. The lowest BCUT2D eigenvalue weighted by molar-refractivity contribution is 0.576. The largest absolute Gasteiger partial charge is 0.326 e. The van der Waals surface area contributed by atoms with Crippen LogP contribution in [0.3, 0.4) is 0 Å². The van der Waals surface area contributed by atoms with Gasteiger partial charge in [0.1, 0.15) is 0 Å². The van der Waals surface area contributed by atoms with Crippen molar-refractivity contribution < 1.29 is 8.42 Å². The van der Waals surface area contributed by atoms with Gasteiger partial charge in [-0.05, 0) is 12.5 Å². The van der Waals surface area contributed by atoms with Crippen LogP contribution in [0.4, 0.5) is 0 Å². The van der Waals surface area contributed by atoms with Gasteiger partial charge in [0, 0.05) is 23.3 Å². The first-order valence-electron chi connectivity index (χ1n) is 5.37. The molecule has 0 aliphatic heterocycles. The Hall–Kier alpha value is -0.430. The maximum Gasteiger partial charge on any atom is 0.241 e. The van der Waals surface area contributed by atoms with Crippen molar-refractivity contribution >= 4 is 21.4 Å². The zero-order chi connectivity index (χ0) is 12.0. The minimum absolute atomic E-state index is 0.328. The Balaban J connectivity index is 2.56. The van der Waals surface area contributed by atoms with Crippen molar-refractivity contribution in [1.29, 1.82) is 0 Å². The molecule has 0 saturated carbocycles. The van der Waals surface area contributed by atoms with E-state index in [0.717, 1.165) is 24.1 Å². The predicted octanol–water partition coefficient (Wildman–Crippen LogP) is 1.68. The lowest BCUT2D eigenvalue weighted by atomic mass is 10.3. The van der Waals surface area contributed by atoms with Crippen LogP contribution in [0.2, 0.25) is 0 Å². The van der Waals surface area contributed by atoms with E-state index in [1.54, 1.807) is 11.4 Å². The summed E-state index contributed by atoms with van der Waals surface area (Å²) in [7, 11) is -3.33. The van der Waals surface area contributed by atoms with Gasteiger partial charge in [0.25, 0.3) is 0 Å². The Bertz CT molecular complexity index is 412. The molecule has 4 nitrogen and oxygen atoms in total. The minimum atomic E-state index is -3.33. The molecule has 16 heavy (non-hydrogen) atoms. The van der Waals surface area contributed by atoms with E-state index >= 15 is 0 Å². The zero-order valence-electron chi connectivity index (χ0n) is 9.40. The van der Waals surface area contributed by atoms with Gasteiger partial charge in [-0.3, -0.25) is 0 Å². The third kappa shape index (κ3) is 3.86. The summed E-state index contributed by atoms with van der Waals surface area (Å²) in [6.45, 7) is 2.97. The lowest BCUT2D eigenvalue weighted by Gasteiger charge is -2.03. The number of sulfonamides is 1. The molecule has 0 spiro atoms. The molecule has 3 N–H and O–H groups in total. The highest BCUT2D eigenvalue weighted by Gasteiger charge is 2.14. The Kier molecular flexibility index (Phi) is 5.40. The van der Waals surface area contributed by atoms with Gasteiger partial charge in [-0.15, -0.1) is 11.3 Å². The quantitative estimate of drug-likeness (QED) is 0.734. The molecule has 0 aromatic carbocycles. The molecule has 0 radical (unpaired) electrons. The van der Waals surface area contributed by atoms with Crippen LogP contribution >= 0.6 is 11.3 Å². The maximum atomic E-state index is 11.8. The van der Waals surface area contributed by atoms with Crippen LogP contribution in [-0.4, -0.2) is 15.0 Å². The third-order valence-electron chi connectivity index (χ3n) is 2.21. The summed E-state index contributed by atoms with van der Waals surface area (Å²) in [5.41, 5.74) is 5.44. The number of thiophene rings is 1. The van der Waals surface area contributed by atoms with Crippen molar-refractivity contribution in [2.75, 3.05) is 6.54 Å². The van der Waals surface area contributed by atoms with E-state index in [1.165, 1.54) is 11.3 Å². The van der Waals surface area contributed by atoms with Crippen LogP contribution in [0.1, 0.15) is 31.1 Å². The van der Waals surface area contributed by atoms with E-state index in [-0.39, 0.29) is 0 Å². The second kappa shape index (κ2) is 6.34. The number of nitrogens with two attached hydrogens (primary N) is 1. The third-order valence-corrected chi connectivity index (χ3v) is 4.76. The van der Waals surface area contributed by atoms with Crippen LogP contribution in [0.25, 0.3) is 0 Å². The van der Waals surface area contributed by atoms with E-state index < -0.39 is 10.0 Å². The van der Waals surface area contributed by atoms with Crippen LogP contribution in [0.5, 0.6) is 0 Å². The number of hydrogen-bond acceptors (Lipinski definition) is 4. The molecule has 0 aliphatic carbocycles. The van der Waals surface area contributed by atoms with Gasteiger partial charge in [0.15, 0.2) is 0 Å². The molecule has 0 amide bonds. The summed E-state index contributed by atoms with van der Waals surface area (Å²) in [4.78, 5) is 1.21. The molecule has 0 atom stereocenters. The van der Waals surface area contributed by atoms with Crippen LogP contribution in [0.15, 0.2) is 16.3 Å². The van der Waals surface area contributed by atoms with Crippen molar-refractivity contribution in [2.24, 2.45) is 5.73 Å². The van der Waals surface area contributed by atoms with Crippen LogP contribution < -0.4 is 10.5 Å². The monoisotopic (exact) mass is 262 g/mol. The molecule has 92 valence electrons. The maximum absolute atomic E-state index is 11.8. The van der Waals surface area contributed by atoms with Crippen molar-refractivity contribution in [3.8, 4) is 0 Å². The average Bonchev–Trinajstić information content (AvgIpc) is 2.73. The first kappa shape index (κ1) is 13.6.